The molecule has 1 aromatic carbocycles. The Morgan fingerprint density at radius 1 is 1.14 bits per heavy atom. The van der Waals surface area contributed by atoms with E-state index in [1.165, 1.54) is 4.88 Å². The molecule has 3 N–H and O–H groups in total. The van der Waals surface area contributed by atoms with Crippen LogP contribution in [0.2, 0.25) is 0 Å². The first-order valence-electron chi connectivity index (χ1n) is 9.78. The number of guanidine groups is 1. The highest BCUT2D eigenvalue weighted by molar-refractivity contribution is 7.10. The Morgan fingerprint density at radius 3 is 2.43 bits per heavy atom. The minimum Gasteiger partial charge on any atom is -0.357 e. The molecule has 5 nitrogen and oxygen atoms in total. The number of carbonyl (C=O) groups excluding carboxylic acids is 1. The molecule has 6 heteroatoms. The molecule has 1 aromatic heterocycles. The van der Waals surface area contributed by atoms with Gasteiger partial charge in [0.1, 0.15) is 0 Å². The van der Waals surface area contributed by atoms with Crippen molar-refractivity contribution >= 4 is 28.9 Å². The number of thiophene rings is 1. The van der Waals surface area contributed by atoms with Gasteiger partial charge in [-0.2, -0.15) is 0 Å². The van der Waals surface area contributed by atoms with Crippen molar-refractivity contribution < 1.29 is 4.79 Å². The van der Waals surface area contributed by atoms with E-state index in [2.05, 4.69) is 54.2 Å². The third kappa shape index (κ3) is 6.68. The molecule has 0 fully saturated rings. The predicted molar refractivity (Wildman–Crippen MR) is 120 cm³/mol. The molecular formula is C22H32N4OS. The second kappa shape index (κ2) is 10.3. The van der Waals surface area contributed by atoms with Gasteiger partial charge in [0.2, 0.25) is 5.91 Å². The first-order valence-corrected chi connectivity index (χ1v) is 10.7. The molecule has 0 spiro atoms. The summed E-state index contributed by atoms with van der Waals surface area (Å²) in [6.07, 6.45) is 0. The molecule has 152 valence electrons. The van der Waals surface area contributed by atoms with E-state index >= 15 is 0 Å². The number of nitrogens with one attached hydrogen (secondary N) is 3. The van der Waals surface area contributed by atoms with Crippen molar-refractivity contribution in [1.82, 2.24) is 10.6 Å². The van der Waals surface area contributed by atoms with Crippen LogP contribution in [0.3, 0.4) is 0 Å². The number of hydrogen-bond donors (Lipinski definition) is 3. The molecule has 0 unspecified atom stereocenters. The van der Waals surface area contributed by atoms with Crippen LogP contribution in [0.25, 0.3) is 0 Å². The molecule has 2 rings (SSSR count). The van der Waals surface area contributed by atoms with Gasteiger partial charge in [-0.15, -0.1) is 11.3 Å². The van der Waals surface area contributed by atoms with Crippen LogP contribution in [-0.4, -0.2) is 25.0 Å². The zero-order valence-corrected chi connectivity index (χ0v) is 18.3. The average Bonchev–Trinajstić information content (AvgIpc) is 3.21. The molecule has 0 aliphatic carbocycles. The first-order chi connectivity index (χ1) is 13.3. The molecular weight excluding hydrogens is 368 g/mol. The van der Waals surface area contributed by atoms with Crippen molar-refractivity contribution in [1.29, 1.82) is 0 Å². The zero-order valence-electron chi connectivity index (χ0n) is 17.5. The number of nitrogens with zero attached hydrogens (tertiary/aromatic N) is 1. The number of carbonyl (C=O) groups is 1. The van der Waals surface area contributed by atoms with E-state index in [1.807, 2.05) is 38.1 Å². The number of rotatable bonds is 8. The minimum absolute atomic E-state index is 0.0257. The van der Waals surface area contributed by atoms with Crippen LogP contribution in [0.4, 0.5) is 5.69 Å². The van der Waals surface area contributed by atoms with E-state index in [0.717, 1.165) is 30.3 Å². The topological polar surface area (TPSA) is 65.5 Å². The minimum atomic E-state index is -0.0311. The Balaban J connectivity index is 1.95. The second-order valence-corrected chi connectivity index (χ2v) is 8.70. The summed E-state index contributed by atoms with van der Waals surface area (Å²) in [5.74, 6) is 0.804. The molecule has 0 bridgehead atoms. The van der Waals surface area contributed by atoms with E-state index in [-0.39, 0.29) is 17.2 Å². The van der Waals surface area contributed by atoms with Crippen LogP contribution in [0.1, 0.15) is 45.1 Å². The van der Waals surface area contributed by atoms with E-state index in [4.69, 9.17) is 4.99 Å². The van der Waals surface area contributed by atoms with Gasteiger partial charge < -0.3 is 16.0 Å². The van der Waals surface area contributed by atoms with Crippen molar-refractivity contribution in [3.8, 4) is 0 Å². The molecule has 1 heterocycles. The Labute approximate surface area is 172 Å². The summed E-state index contributed by atoms with van der Waals surface area (Å²) in [7, 11) is 0. The third-order valence-electron chi connectivity index (χ3n) is 4.40. The molecule has 28 heavy (non-hydrogen) atoms. The maximum Gasteiger partial charge on any atom is 0.226 e. The molecule has 0 aliphatic heterocycles. The van der Waals surface area contributed by atoms with Crippen LogP contribution >= 0.6 is 11.3 Å². The Bertz CT molecular complexity index is 764. The zero-order chi connectivity index (χ0) is 20.6. The van der Waals surface area contributed by atoms with Crippen LogP contribution < -0.4 is 16.0 Å². The van der Waals surface area contributed by atoms with Crippen LogP contribution in [0, 0.1) is 5.92 Å². The summed E-state index contributed by atoms with van der Waals surface area (Å²) in [6, 6.07) is 12.1. The van der Waals surface area contributed by atoms with Gasteiger partial charge in [-0.05, 0) is 36.1 Å². The monoisotopic (exact) mass is 400 g/mol. The van der Waals surface area contributed by atoms with Gasteiger partial charge in [-0.25, -0.2) is 4.99 Å². The normalized spacial score (nSPS) is 12.1. The van der Waals surface area contributed by atoms with Crippen molar-refractivity contribution in [3.63, 3.8) is 0 Å². The highest BCUT2D eigenvalue weighted by Crippen LogP contribution is 2.26. The first kappa shape index (κ1) is 22.0. The Hall–Kier alpha value is -2.34. The number of amides is 1. The van der Waals surface area contributed by atoms with Crippen molar-refractivity contribution in [2.45, 2.75) is 46.6 Å². The van der Waals surface area contributed by atoms with Crippen molar-refractivity contribution in [3.05, 3.63) is 52.2 Å². The number of aliphatic imine (C=N–C) groups is 1. The molecule has 0 aliphatic rings. The van der Waals surface area contributed by atoms with Crippen LogP contribution in [0.5, 0.6) is 0 Å². The van der Waals surface area contributed by atoms with Gasteiger partial charge in [0, 0.05) is 35.0 Å². The van der Waals surface area contributed by atoms with Crippen molar-refractivity contribution in [2.24, 2.45) is 10.9 Å². The maximum absolute atomic E-state index is 11.8. The summed E-state index contributed by atoms with van der Waals surface area (Å²) < 4.78 is 0. The fraction of sp³-hybridized carbons (Fsp3) is 0.455. The van der Waals surface area contributed by atoms with E-state index in [1.54, 1.807) is 11.3 Å². The number of hydrogen-bond acceptors (Lipinski definition) is 3. The SMILES string of the molecule is CCNC(=NCc1ccc(NC(=O)C(C)C)cc1)NCC(C)(C)c1cccs1. The van der Waals surface area contributed by atoms with Crippen LogP contribution in [-0.2, 0) is 16.8 Å². The van der Waals surface area contributed by atoms with E-state index < -0.39 is 0 Å². The third-order valence-corrected chi connectivity index (χ3v) is 5.63. The smallest absolute Gasteiger partial charge is 0.226 e. The van der Waals surface area contributed by atoms with Gasteiger partial charge in [0.05, 0.1) is 6.54 Å². The van der Waals surface area contributed by atoms with Gasteiger partial charge in [-0.3, -0.25) is 4.79 Å². The molecule has 0 saturated carbocycles. The largest absolute Gasteiger partial charge is 0.357 e. The van der Waals surface area contributed by atoms with Crippen molar-refractivity contribution in [2.75, 3.05) is 18.4 Å². The van der Waals surface area contributed by atoms with Gasteiger partial charge in [0.15, 0.2) is 5.96 Å². The lowest BCUT2D eigenvalue weighted by Crippen LogP contribution is -2.43. The van der Waals surface area contributed by atoms with Crippen LogP contribution in [0.15, 0.2) is 46.8 Å². The van der Waals surface area contributed by atoms with E-state index in [0.29, 0.717) is 6.54 Å². The molecule has 0 saturated heterocycles. The lowest BCUT2D eigenvalue weighted by atomic mass is 9.91. The predicted octanol–water partition coefficient (Wildman–Crippen LogP) is 4.38. The summed E-state index contributed by atoms with van der Waals surface area (Å²) in [6.45, 7) is 12.5. The molecule has 2 aromatic rings. The average molecular weight is 401 g/mol. The van der Waals surface area contributed by atoms with Gasteiger partial charge in [0.25, 0.3) is 0 Å². The highest BCUT2D eigenvalue weighted by Gasteiger charge is 2.21. The summed E-state index contributed by atoms with van der Waals surface area (Å²) in [5, 5.41) is 11.8. The lowest BCUT2D eigenvalue weighted by molar-refractivity contribution is -0.118. The second-order valence-electron chi connectivity index (χ2n) is 7.75. The Morgan fingerprint density at radius 2 is 1.86 bits per heavy atom. The number of anilines is 1. The lowest BCUT2D eigenvalue weighted by Gasteiger charge is -2.25. The number of benzene rings is 1. The van der Waals surface area contributed by atoms with E-state index in [9.17, 15) is 4.79 Å². The quantitative estimate of drug-likeness (QED) is 0.455. The van der Waals surface area contributed by atoms with Gasteiger partial charge in [-0.1, -0.05) is 45.9 Å². The Kier molecular flexibility index (Phi) is 8.05. The summed E-state index contributed by atoms with van der Waals surface area (Å²) in [5.41, 5.74) is 1.95. The molecule has 1 amide bonds. The fourth-order valence-corrected chi connectivity index (χ4v) is 3.40. The summed E-state index contributed by atoms with van der Waals surface area (Å²) >= 11 is 1.78. The van der Waals surface area contributed by atoms with Gasteiger partial charge >= 0.3 is 0 Å². The maximum atomic E-state index is 11.8. The summed E-state index contributed by atoms with van der Waals surface area (Å²) in [4.78, 5) is 17.8. The molecule has 0 radical (unpaired) electrons. The highest BCUT2D eigenvalue weighted by atomic mass is 32.1. The fourth-order valence-electron chi connectivity index (χ4n) is 2.55. The molecule has 0 atom stereocenters. The standard InChI is InChI=1S/C22H32N4OS/c1-6-23-21(25-15-22(4,5)19-8-7-13-28-19)24-14-17-9-11-18(12-10-17)26-20(27)16(2)3/h7-13,16H,6,14-15H2,1-5H3,(H,26,27)(H2,23,24,25).